The van der Waals surface area contributed by atoms with Gasteiger partial charge in [-0.1, -0.05) is 12.1 Å². The first-order valence-electron chi connectivity index (χ1n) is 8.48. The van der Waals surface area contributed by atoms with Gasteiger partial charge in [-0.25, -0.2) is 4.68 Å². The highest BCUT2D eigenvalue weighted by atomic mass is 16.2. The highest BCUT2D eigenvalue weighted by molar-refractivity contribution is 5.97. The third-order valence-corrected chi connectivity index (χ3v) is 4.44. The summed E-state index contributed by atoms with van der Waals surface area (Å²) in [5.41, 5.74) is 7.92. The van der Waals surface area contributed by atoms with E-state index in [-0.39, 0.29) is 17.9 Å². The predicted molar refractivity (Wildman–Crippen MR) is 94.2 cm³/mol. The Bertz CT molecular complexity index is 762. The zero-order chi connectivity index (χ0) is 17.8. The third kappa shape index (κ3) is 3.88. The maximum absolute atomic E-state index is 13.0. The molecule has 7 nitrogen and oxygen atoms in total. The van der Waals surface area contributed by atoms with Crippen LogP contribution in [-0.2, 0) is 11.3 Å². The molecule has 3 rings (SSSR count). The highest BCUT2D eigenvalue weighted by Gasteiger charge is 2.25. The van der Waals surface area contributed by atoms with E-state index in [9.17, 15) is 9.59 Å². The topological polar surface area (TPSA) is 93.2 Å². The summed E-state index contributed by atoms with van der Waals surface area (Å²) in [6.07, 6.45) is 5.09. The molecular formula is C18H23N5O2. The van der Waals surface area contributed by atoms with E-state index in [0.717, 1.165) is 24.1 Å². The van der Waals surface area contributed by atoms with Crippen molar-refractivity contribution in [2.45, 2.75) is 32.4 Å². The number of hydrogen-bond acceptors (Lipinski definition) is 4. The second kappa shape index (κ2) is 7.48. The van der Waals surface area contributed by atoms with Gasteiger partial charge in [-0.3, -0.25) is 9.59 Å². The fourth-order valence-corrected chi connectivity index (χ4v) is 3.14. The first kappa shape index (κ1) is 17.2. The molecule has 1 fully saturated rings. The molecule has 1 aromatic heterocycles. The molecule has 2 amide bonds. The van der Waals surface area contributed by atoms with Crippen LogP contribution in [0, 0.1) is 0 Å². The van der Waals surface area contributed by atoms with E-state index in [1.807, 2.05) is 35.4 Å². The number of aromatic nitrogens is 2. The number of carbonyl (C=O) groups is 2. The molecule has 2 aromatic rings. The molecule has 1 aliphatic rings. The van der Waals surface area contributed by atoms with Crippen LogP contribution in [0.25, 0.3) is 5.69 Å². The molecule has 7 heteroatoms. The normalized spacial score (nSPS) is 15.2. The van der Waals surface area contributed by atoms with Crippen LogP contribution >= 0.6 is 0 Å². The minimum absolute atomic E-state index is 0.0123. The zero-order valence-electron chi connectivity index (χ0n) is 14.3. The lowest BCUT2D eigenvalue weighted by atomic mass is 10.0. The Hall–Kier alpha value is -2.67. The Balaban J connectivity index is 1.76. The first-order valence-corrected chi connectivity index (χ1v) is 8.48. The zero-order valence-corrected chi connectivity index (χ0v) is 14.3. The van der Waals surface area contributed by atoms with Crippen LogP contribution in [0.5, 0.6) is 0 Å². The van der Waals surface area contributed by atoms with Gasteiger partial charge in [0.1, 0.15) is 0 Å². The number of nitrogens with zero attached hydrogens (tertiary/aromatic N) is 3. The highest BCUT2D eigenvalue weighted by Crippen LogP contribution is 2.19. The quantitative estimate of drug-likeness (QED) is 0.870. The minimum atomic E-state index is -0.0236. The predicted octanol–water partition coefficient (Wildman–Crippen LogP) is 1.07. The lowest BCUT2D eigenvalue weighted by Gasteiger charge is -2.32. The number of nitrogens with one attached hydrogen (secondary N) is 1. The van der Waals surface area contributed by atoms with Gasteiger partial charge in [-0.15, -0.1) is 0 Å². The number of benzene rings is 1. The second-order valence-electron chi connectivity index (χ2n) is 6.28. The van der Waals surface area contributed by atoms with E-state index in [1.165, 1.54) is 6.92 Å². The van der Waals surface area contributed by atoms with Crippen molar-refractivity contribution in [2.24, 2.45) is 5.73 Å². The smallest absolute Gasteiger partial charge is 0.256 e. The molecule has 2 heterocycles. The molecule has 25 heavy (non-hydrogen) atoms. The number of rotatable bonds is 4. The number of amides is 2. The number of para-hydroxylation sites is 1. The molecule has 1 aliphatic heterocycles. The van der Waals surface area contributed by atoms with Crippen molar-refractivity contribution in [1.82, 2.24) is 20.0 Å². The average Bonchev–Trinajstić information content (AvgIpc) is 3.10. The number of likely N-dealkylation sites (tertiary alicyclic amines) is 1. The molecular weight excluding hydrogens is 318 g/mol. The van der Waals surface area contributed by atoms with Crippen LogP contribution in [0.1, 0.15) is 35.7 Å². The molecule has 0 unspecified atom stereocenters. The molecule has 132 valence electrons. The van der Waals surface area contributed by atoms with Gasteiger partial charge in [0, 0.05) is 44.4 Å². The Labute approximate surface area is 146 Å². The van der Waals surface area contributed by atoms with Gasteiger partial charge in [0.25, 0.3) is 5.91 Å². The number of hydrogen-bond donors (Lipinski definition) is 2. The van der Waals surface area contributed by atoms with E-state index in [2.05, 4.69) is 10.4 Å². The summed E-state index contributed by atoms with van der Waals surface area (Å²) in [7, 11) is 0. The van der Waals surface area contributed by atoms with Gasteiger partial charge in [0.2, 0.25) is 5.91 Å². The Morgan fingerprint density at radius 3 is 2.64 bits per heavy atom. The maximum atomic E-state index is 13.0. The van der Waals surface area contributed by atoms with E-state index in [4.69, 9.17) is 5.73 Å². The summed E-state index contributed by atoms with van der Waals surface area (Å²) in [4.78, 5) is 26.0. The van der Waals surface area contributed by atoms with Crippen molar-refractivity contribution in [3.63, 3.8) is 0 Å². The monoisotopic (exact) mass is 341 g/mol. The van der Waals surface area contributed by atoms with Crippen LogP contribution in [0.15, 0.2) is 36.7 Å². The van der Waals surface area contributed by atoms with Crippen molar-refractivity contribution >= 4 is 11.8 Å². The molecule has 0 spiro atoms. The lowest BCUT2D eigenvalue weighted by molar-refractivity contribution is -0.119. The summed E-state index contributed by atoms with van der Waals surface area (Å²) >= 11 is 0. The van der Waals surface area contributed by atoms with Gasteiger partial charge in [-0.2, -0.15) is 5.10 Å². The summed E-state index contributed by atoms with van der Waals surface area (Å²) in [5, 5.41) is 7.23. The average molecular weight is 341 g/mol. The molecule has 0 radical (unpaired) electrons. The standard InChI is InChI=1S/C18H23N5O2/c1-13(24)21-15-6-8-22(9-7-15)18(25)16-4-2-3-5-17(16)23-12-14(10-19)11-20-23/h2-5,11-12,15H,6-10,19H2,1H3,(H,21,24). The molecule has 1 saturated heterocycles. The summed E-state index contributed by atoms with van der Waals surface area (Å²) in [6, 6.07) is 7.59. The Kier molecular flexibility index (Phi) is 5.14. The van der Waals surface area contributed by atoms with E-state index >= 15 is 0 Å². The molecule has 0 aliphatic carbocycles. The Morgan fingerprint density at radius 1 is 1.28 bits per heavy atom. The van der Waals surface area contributed by atoms with Crippen LogP contribution in [-0.4, -0.2) is 45.6 Å². The fourth-order valence-electron chi connectivity index (χ4n) is 3.14. The van der Waals surface area contributed by atoms with Gasteiger partial charge in [0.15, 0.2) is 0 Å². The SMILES string of the molecule is CC(=O)NC1CCN(C(=O)c2ccccc2-n2cc(CN)cn2)CC1. The summed E-state index contributed by atoms with van der Waals surface area (Å²) in [5.74, 6) is -0.0359. The van der Waals surface area contributed by atoms with Crippen LogP contribution in [0.2, 0.25) is 0 Å². The first-order chi connectivity index (χ1) is 12.1. The van der Waals surface area contributed by atoms with Gasteiger partial charge in [0.05, 0.1) is 17.4 Å². The van der Waals surface area contributed by atoms with Crippen molar-refractivity contribution in [1.29, 1.82) is 0 Å². The molecule has 0 atom stereocenters. The molecule has 0 saturated carbocycles. The largest absolute Gasteiger partial charge is 0.353 e. The van der Waals surface area contributed by atoms with Crippen molar-refractivity contribution < 1.29 is 9.59 Å². The number of carbonyl (C=O) groups excluding carboxylic acids is 2. The van der Waals surface area contributed by atoms with E-state index < -0.39 is 0 Å². The van der Waals surface area contributed by atoms with Crippen LogP contribution in [0.3, 0.4) is 0 Å². The molecule has 0 bridgehead atoms. The second-order valence-corrected chi connectivity index (χ2v) is 6.28. The van der Waals surface area contributed by atoms with Gasteiger partial charge >= 0.3 is 0 Å². The lowest BCUT2D eigenvalue weighted by Crippen LogP contribution is -2.46. The Morgan fingerprint density at radius 2 is 2.00 bits per heavy atom. The van der Waals surface area contributed by atoms with Crippen molar-refractivity contribution in [3.05, 3.63) is 47.8 Å². The van der Waals surface area contributed by atoms with Crippen molar-refractivity contribution in [3.8, 4) is 5.69 Å². The van der Waals surface area contributed by atoms with Gasteiger partial charge in [-0.05, 0) is 25.0 Å². The van der Waals surface area contributed by atoms with Crippen LogP contribution < -0.4 is 11.1 Å². The van der Waals surface area contributed by atoms with Crippen LogP contribution in [0.4, 0.5) is 0 Å². The van der Waals surface area contributed by atoms with E-state index in [1.54, 1.807) is 10.9 Å². The maximum Gasteiger partial charge on any atom is 0.256 e. The summed E-state index contributed by atoms with van der Waals surface area (Å²) < 4.78 is 1.69. The number of nitrogens with two attached hydrogens (primary N) is 1. The molecule has 3 N–H and O–H groups in total. The fraction of sp³-hybridized carbons (Fsp3) is 0.389. The minimum Gasteiger partial charge on any atom is -0.353 e. The van der Waals surface area contributed by atoms with E-state index in [0.29, 0.717) is 25.2 Å². The number of piperidine rings is 1. The van der Waals surface area contributed by atoms with Gasteiger partial charge < -0.3 is 16.0 Å². The third-order valence-electron chi connectivity index (χ3n) is 4.44. The molecule has 1 aromatic carbocycles. The van der Waals surface area contributed by atoms with Crippen molar-refractivity contribution in [2.75, 3.05) is 13.1 Å². The summed E-state index contributed by atoms with van der Waals surface area (Å²) in [6.45, 7) is 3.19.